The molecule has 0 radical (unpaired) electrons. The second kappa shape index (κ2) is 5.91. The minimum Gasteiger partial charge on any atom is -0.476 e. The average Bonchev–Trinajstić information content (AvgIpc) is 2.78. The molecule has 6 heteroatoms. The van der Waals surface area contributed by atoms with Gasteiger partial charge in [-0.1, -0.05) is 25.2 Å². The lowest BCUT2D eigenvalue weighted by molar-refractivity contribution is 0.0687. The molecule has 1 aromatic rings. The number of nitrogens with zero attached hydrogens (tertiary/aromatic N) is 1. The molecule has 1 saturated carbocycles. The van der Waals surface area contributed by atoms with E-state index >= 15 is 0 Å². The van der Waals surface area contributed by atoms with Crippen LogP contribution < -0.4 is 5.32 Å². The van der Waals surface area contributed by atoms with E-state index in [-0.39, 0.29) is 16.4 Å². The zero-order valence-corrected chi connectivity index (χ0v) is 12.8. The van der Waals surface area contributed by atoms with Crippen molar-refractivity contribution in [3.63, 3.8) is 0 Å². The van der Waals surface area contributed by atoms with Gasteiger partial charge in [-0.3, -0.25) is 4.79 Å². The van der Waals surface area contributed by atoms with Crippen molar-refractivity contribution in [3.05, 3.63) is 10.6 Å². The molecule has 0 aliphatic heterocycles. The van der Waals surface area contributed by atoms with Crippen molar-refractivity contribution < 1.29 is 14.7 Å². The van der Waals surface area contributed by atoms with Crippen molar-refractivity contribution in [1.82, 2.24) is 4.98 Å². The minimum atomic E-state index is -1.15. The van der Waals surface area contributed by atoms with Gasteiger partial charge in [-0.25, -0.2) is 9.78 Å². The molecule has 2 rings (SSSR count). The van der Waals surface area contributed by atoms with Gasteiger partial charge >= 0.3 is 5.97 Å². The third-order valence-electron chi connectivity index (χ3n) is 4.08. The summed E-state index contributed by atoms with van der Waals surface area (Å²) < 4.78 is 0. The van der Waals surface area contributed by atoms with Crippen LogP contribution in [0, 0.1) is 11.8 Å². The summed E-state index contributed by atoms with van der Waals surface area (Å²) in [7, 11) is 0. The highest BCUT2D eigenvalue weighted by molar-refractivity contribution is 7.17. The first kappa shape index (κ1) is 15.0. The monoisotopic (exact) mass is 296 g/mol. The summed E-state index contributed by atoms with van der Waals surface area (Å²) in [5, 5.41) is 12.9. The molecule has 0 amide bonds. The van der Waals surface area contributed by atoms with Crippen LogP contribution in [-0.4, -0.2) is 27.9 Å². The maximum absolute atomic E-state index is 11.5. The first-order valence-corrected chi connectivity index (χ1v) is 7.71. The lowest BCUT2D eigenvalue weighted by atomic mass is 9.79. The van der Waals surface area contributed by atoms with Crippen LogP contribution in [0.5, 0.6) is 0 Å². The van der Waals surface area contributed by atoms with Gasteiger partial charge in [0.1, 0.15) is 4.88 Å². The van der Waals surface area contributed by atoms with Crippen LogP contribution in [0.4, 0.5) is 5.13 Å². The van der Waals surface area contributed by atoms with E-state index in [1.165, 1.54) is 6.92 Å². The fourth-order valence-electron chi connectivity index (χ4n) is 2.62. The number of carboxylic acid groups (broad SMARTS) is 1. The number of carbonyl (C=O) groups is 2. The Balaban J connectivity index is 2.12. The average molecular weight is 296 g/mol. The number of anilines is 1. The Morgan fingerprint density at radius 2 is 2.00 bits per heavy atom. The molecule has 3 unspecified atom stereocenters. The SMILES string of the molecule is CC(=O)c1sc(NC2CCC(C)C(C)C2)nc1C(=O)O. The number of thiazole rings is 1. The molecule has 0 saturated heterocycles. The summed E-state index contributed by atoms with van der Waals surface area (Å²) in [4.78, 5) is 26.8. The fraction of sp³-hybridized carbons (Fsp3) is 0.643. The lowest BCUT2D eigenvalue weighted by Gasteiger charge is -2.32. The number of hydrogen-bond donors (Lipinski definition) is 2. The van der Waals surface area contributed by atoms with E-state index in [0.29, 0.717) is 17.1 Å². The highest BCUT2D eigenvalue weighted by atomic mass is 32.1. The Morgan fingerprint density at radius 1 is 1.30 bits per heavy atom. The van der Waals surface area contributed by atoms with Crippen molar-refractivity contribution >= 4 is 28.2 Å². The smallest absolute Gasteiger partial charge is 0.356 e. The van der Waals surface area contributed by atoms with Gasteiger partial charge in [-0.15, -0.1) is 0 Å². The number of aromatic carboxylic acids is 1. The molecule has 3 atom stereocenters. The quantitative estimate of drug-likeness (QED) is 0.834. The fourth-order valence-corrected chi connectivity index (χ4v) is 3.55. The Morgan fingerprint density at radius 3 is 2.50 bits per heavy atom. The number of ketones is 1. The number of nitrogens with one attached hydrogen (secondary N) is 1. The Labute approximate surface area is 122 Å². The summed E-state index contributed by atoms with van der Waals surface area (Å²) in [5.74, 6) is -0.0251. The molecular weight excluding hydrogens is 276 g/mol. The third kappa shape index (κ3) is 3.17. The van der Waals surface area contributed by atoms with Gasteiger partial charge in [0.2, 0.25) is 0 Å². The highest BCUT2D eigenvalue weighted by Gasteiger charge is 2.26. The van der Waals surface area contributed by atoms with E-state index < -0.39 is 5.97 Å². The molecule has 1 aliphatic carbocycles. The first-order chi connectivity index (χ1) is 9.38. The van der Waals surface area contributed by atoms with E-state index in [0.717, 1.165) is 36.5 Å². The Hall–Kier alpha value is -1.43. The summed E-state index contributed by atoms with van der Waals surface area (Å²) in [5.41, 5.74) is -0.137. The van der Waals surface area contributed by atoms with Crippen LogP contribution in [0.1, 0.15) is 60.2 Å². The first-order valence-electron chi connectivity index (χ1n) is 6.90. The second-order valence-electron chi connectivity index (χ2n) is 5.67. The maximum atomic E-state index is 11.5. The Kier molecular flexibility index (Phi) is 4.42. The second-order valence-corrected chi connectivity index (χ2v) is 6.67. The van der Waals surface area contributed by atoms with E-state index in [1.54, 1.807) is 0 Å². The summed E-state index contributed by atoms with van der Waals surface area (Å²) >= 11 is 1.14. The normalized spacial score (nSPS) is 26.2. The van der Waals surface area contributed by atoms with Crippen molar-refractivity contribution in [3.8, 4) is 0 Å². The van der Waals surface area contributed by atoms with Crippen molar-refractivity contribution in [2.75, 3.05) is 5.32 Å². The van der Waals surface area contributed by atoms with Crippen LogP contribution in [0.25, 0.3) is 0 Å². The number of rotatable bonds is 4. The third-order valence-corrected chi connectivity index (χ3v) is 5.16. The molecule has 1 aliphatic rings. The van der Waals surface area contributed by atoms with Crippen molar-refractivity contribution in [2.45, 2.75) is 46.1 Å². The van der Waals surface area contributed by atoms with E-state index in [9.17, 15) is 9.59 Å². The minimum absolute atomic E-state index is 0.137. The highest BCUT2D eigenvalue weighted by Crippen LogP contribution is 2.32. The molecule has 2 N–H and O–H groups in total. The van der Waals surface area contributed by atoms with Gasteiger partial charge in [0.05, 0.1) is 0 Å². The molecule has 1 aromatic heterocycles. The maximum Gasteiger partial charge on any atom is 0.356 e. The van der Waals surface area contributed by atoms with Crippen molar-refractivity contribution in [1.29, 1.82) is 0 Å². The van der Waals surface area contributed by atoms with Crippen LogP contribution in [-0.2, 0) is 0 Å². The van der Waals surface area contributed by atoms with Crippen molar-refractivity contribution in [2.24, 2.45) is 11.8 Å². The molecule has 1 heterocycles. The molecule has 1 fully saturated rings. The standard InChI is InChI=1S/C14H20N2O3S/c1-7-4-5-10(6-8(7)2)15-14-16-11(13(18)19)12(20-14)9(3)17/h7-8,10H,4-6H2,1-3H3,(H,15,16)(H,18,19). The summed E-state index contributed by atoms with van der Waals surface area (Å²) in [6.07, 6.45) is 3.27. The molecule has 110 valence electrons. The molecule has 20 heavy (non-hydrogen) atoms. The predicted octanol–water partition coefficient (Wildman–Crippen LogP) is 3.28. The van der Waals surface area contributed by atoms with Gasteiger partial charge in [0.15, 0.2) is 16.6 Å². The zero-order chi connectivity index (χ0) is 14.9. The van der Waals surface area contributed by atoms with E-state index in [4.69, 9.17) is 5.11 Å². The van der Waals surface area contributed by atoms with Gasteiger partial charge in [-0.05, 0) is 31.1 Å². The van der Waals surface area contributed by atoms with Crippen LogP contribution in [0.3, 0.4) is 0 Å². The molecular formula is C14H20N2O3S. The predicted molar refractivity (Wildman–Crippen MR) is 78.7 cm³/mol. The molecule has 0 spiro atoms. The Bertz CT molecular complexity index is 495. The zero-order valence-electron chi connectivity index (χ0n) is 12.0. The van der Waals surface area contributed by atoms with E-state index in [1.807, 2.05) is 0 Å². The van der Waals surface area contributed by atoms with Gasteiger partial charge in [-0.2, -0.15) is 0 Å². The van der Waals surface area contributed by atoms with Crippen LogP contribution in [0.2, 0.25) is 0 Å². The molecule has 0 bridgehead atoms. The lowest BCUT2D eigenvalue weighted by Crippen LogP contribution is -2.30. The van der Waals surface area contributed by atoms with E-state index in [2.05, 4.69) is 24.1 Å². The molecule has 0 aromatic carbocycles. The summed E-state index contributed by atoms with van der Waals surface area (Å²) in [6.45, 7) is 5.87. The summed E-state index contributed by atoms with van der Waals surface area (Å²) in [6, 6.07) is 0.314. The largest absolute Gasteiger partial charge is 0.476 e. The number of hydrogen-bond acceptors (Lipinski definition) is 5. The number of carbonyl (C=O) groups excluding carboxylic acids is 1. The van der Waals surface area contributed by atoms with Gasteiger partial charge in [0.25, 0.3) is 0 Å². The van der Waals surface area contributed by atoms with Gasteiger partial charge < -0.3 is 10.4 Å². The van der Waals surface area contributed by atoms with Crippen LogP contribution >= 0.6 is 11.3 Å². The number of carboxylic acids is 1. The number of aromatic nitrogens is 1. The van der Waals surface area contributed by atoms with Gasteiger partial charge in [0, 0.05) is 13.0 Å². The topological polar surface area (TPSA) is 79.3 Å². The molecule has 5 nitrogen and oxygen atoms in total. The van der Waals surface area contributed by atoms with Crippen LogP contribution in [0.15, 0.2) is 0 Å². The number of Topliss-reactive ketones (excluding diaryl/α,β-unsaturated/α-hetero) is 1.